The lowest BCUT2D eigenvalue weighted by atomic mass is 10.0. The molecule has 2 N–H and O–H groups in total. The van der Waals surface area contributed by atoms with Gasteiger partial charge in [0.2, 0.25) is 12.7 Å². The first-order chi connectivity index (χ1) is 16.7. The Morgan fingerprint density at radius 3 is 2.63 bits per heavy atom. The molecule has 0 bridgehead atoms. The van der Waals surface area contributed by atoms with Crippen LogP contribution in [-0.4, -0.2) is 39.1 Å². The molecule has 1 aliphatic heterocycles. The largest absolute Gasteiger partial charge is 0.454 e. The highest BCUT2D eigenvalue weighted by Crippen LogP contribution is 2.33. The molecule has 1 aliphatic rings. The molecule has 9 nitrogen and oxygen atoms in total. The van der Waals surface area contributed by atoms with Crippen LogP contribution in [-0.2, 0) is 11.8 Å². The van der Waals surface area contributed by atoms with Gasteiger partial charge in [0.05, 0.1) is 22.5 Å². The normalized spacial score (nSPS) is 13.1. The summed E-state index contributed by atoms with van der Waals surface area (Å²) < 4.78 is 12.4. The molecule has 2 aromatic carbocycles. The van der Waals surface area contributed by atoms with E-state index in [2.05, 4.69) is 20.8 Å². The lowest BCUT2D eigenvalue weighted by Gasteiger charge is -2.21. The Hall–Kier alpha value is -2.95. The highest BCUT2D eigenvalue weighted by molar-refractivity contribution is 7.99. The van der Waals surface area contributed by atoms with Crippen LogP contribution in [0.3, 0.4) is 0 Å². The van der Waals surface area contributed by atoms with E-state index in [1.165, 1.54) is 11.8 Å². The van der Waals surface area contributed by atoms with Gasteiger partial charge in [-0.3, -0.25) is 9.59 Å². The summed E-state index contributed by atoms with van der Waals surface area (Å²) in [6.07, 6.45) is 0. The smallest absolute Gasteiger partial charge is 0.252 e. The Balaban J connectivity index is 1.41. The summed E-state index contributed by atoms with van der Waals surface area (Å²) in [5, 5.41) is 15.7. The van der Waals surface area contributed by atoms with Crippen LogP contribution in [0.5, 0.6) is 11.5 Å². The van der Waals surface area contributed by atoms with Gasteiger partial charge in [0.25, 0.3) is 5.91 Å². The number of anilines is 1. The highest BCUT2D eigenvalue weighted by atomic mass is 35.5. The maximum atomic E-state index is 12.9. The first-order valence-corrected chi connectivity index (χ1v) is 12.4. The van der Waals surface area contributed by atoms with Crippen molar-refractivity contribution in [3.8, 4) is 11.5 Å². The van der Waals surface area contributed by atoms with Crippen LogP contribution < -0.4 is 20.1 Å². The molecule has 0 saturated carbocycles. The van der Waals surface area contributed by atoms with E-state index in [9.17, 15) is 9.59 Å². The van der Waals surface area contributed by atoms with Gasteiger partial charge in [-0.1, -0.05) is 48.8 Å². The molecule has 184 valence electrons. The van der Waals surface area contributed by atoms with Crippen molar-refractivity contribution in [1.82, 2.24) is 20.1 Å². The Morgan fingerprint density at radius 2 is 1.89 bits per heavy atom. The standard InChI is InChI=1S/C23H23Cl2N5O4S/c1-12(2)20(27-22(32)13-4-7-17-18(8-13)34-11-33-17)21-28-29-23(30(21)3)35-10-19(31)26-16-6-5-14(24)9-15(16)25/h4-9,12,20H,10-11H2,1-3H3,(H,26,31)(H,27,32). The Kier molecular flexibility index (Phi) is 7.73. The van der Waals surface area contributed by atoms with E-state index in [0.717, 1.165) is 0 Å². The van der Waals surface area contributed by atoms with Gasteiger partial charge in [-0.05, 0) is 42.3 Å². The fraction of sp³-hybridized carbons (Fsp3) is 0.304. The number of amides is 2. The van der Waals surface area contributed by atoms with E-state index in [4.69, 9.17) is 32.7 Å². The fourth-order valence-electron chi connectivity index (χ4n) is 3.42. The predicted molar refractivity (Wildman–Crippen MR) is 134 cm³/mol. The quantitative estimate of drug-likeness (QED) is 0.402. The molecule has 0 radical (unpaired) electrons. The second kappa shape index (κ2) is 10.8. The number of rotatable bonds is 8. The van der Waals surface area contributed by atoms with E-state index in [0.29, 0.717) is 43.8 Å². The van der Waals surface area contributed by atoms with Gasteiger partial charge in [0.1, 0.15) is 0 Å². The zero-order chi connectivity index (χ0) is 25.1. The van der Waals surface area contributed by atoms with Crippen LogP contribution in [0.25, 0.3) is 0 Å². The SMILES string of the molecule is CC(C)C(NC(=O)c1ccc2c(c1)OCO2)c1nnc(SCC(=O)Nc2ccc(Cl)cc2Cl)n1C. The molecule has 35 heavy (non-hydrogen) atoms. The summed E-state index contributed by atoms with van der Waals surface area (Å²) in [5.74, 6) is 1.34. The van der Waals surface area contributed by atoms with Crippen LogP contribution in [0.15, 0.2) is 41.6 Å². The lowest BCUT2D eigenvalue weighted by Crippen LogP contribution is -2.33. The Labute approximate surface area is 216 Å². The summed E-state index contributed by atoms with van der Waals surface area (Å²) in [5.41, 5.74) is 0.931. The van der Waals surface area contributed by atoms with Gasteiger partial charge in [-0.25, -0.2) is 0 Å². The number of fused-ring (bicyclic) bond motifs is 1. The summed E-state index contributed by atoms with van der Waals surface area (Å²) >= 11 is 13.2. The number of carbonyl (C=O) groups is 2. The highest BCUT2D eigenvalue weighted by Gasteiger charge is 2.26. The first kappa shape index (κ1) is 25.2. The van der Waals surface area contributed by atoms with E-state index in [1.54, 1.807) is 48.0 Å². The number of halogens is 2. The van der Waals surface area contributed by atoms with Crippen molar-refractivity contribution >= 4 is 52.5 Å². The Morgan fingerprint density at radius 1 is 1.11 bits per heavy atom. The number of nitrogens with zero attached hydrogens (tertiary/aromatic N) is 3. The molecule has 4 rings (SSSR count). The van der Waals surface area contributed by atoms with Crippen LogP contribution in [0.4, 0.5) is 5.69 Å². The van der Waals surface area contributed by atoms with Crippen LogP contribution >= 0.6 is 35.0 Å². The van der Waals surface area contributed by atoms with Crippen LogP contribution in [0.1, 0.15) is 36.1 Å². The average Bonchev–Trinajstić information content (AvgIpc) is 3.43. The number of ether oxygens (including phenoxy) is 2. The molecule has 2 amide bonds. The molecule has 0 aliphatic carbocycles. The summed E-state index contributed by atoms with van der Waals surface area (Å²) in [6, 6.07) is 9.49. The third-order valence-corrected chi connectivity index (χ3v) is 6.84. The van der Waals surface area contributed by atoms with Crippen molar-refractivity contribution in [2.75, 3.05) is 17.9 Å². The zero-order valence-corrected chi connectivity index (χ0v) is 21.5. The minimum Gasteiger partial charge on any atom is -0.454 e. The van der Waals surface area contributed by atoms with Gasteiger partial charge < -0.3 is 24.7 Å². The third-order valence-electron chi connectivity index (χ3n) is 5.27. The molecule has 1 atom stereocenters. The van der Waals surface area contributed by atoms with Crippen molar-refractivity contribution < 1.29 is 19.1 Å². The fourth-order valence-corrected chi connectivity index (χ4v) is 4.60. The van der Waals surface area contributed by atoms with Gasteiger partial charge in [0, 0.05) is 17.6 Å². The van der Waals surface area contributed by atoms with Crippen molar-refractivity contribution in [3.05, 3.63) is 57.8 Å². The molecule has 1 aromatic heterocycles. The van der Waals surface area contributed by atoms with Gasteiger partial charge in [0.15, 0.2) is 22.5 Å². The van der Waals surface area contributed by atoms with Crippen molar-refractivity contribution in [3.63, 3.8) is 0 Å². The summed E-state index contributed by atoms with van der Waals surface area (Å²) in [7, 11) is 1.80. The maximum absolute atomic E-state index is 12.9. The molecule has 0 spiro atoms. The van der Waals surface area contributed by atoms with Gasteiger partial charge in [-0.15, -0.1) is 10.2 Å². The first-order valence-electron chi connectivity index (χ1n) is 10.7. The summed E-state index contributed by atoms with van der Waals surface area (Å²) in [4.78, 5) is 25.4. The second-order valence-electron chi connectivity index (χ2n) is 8.12. The van der Waals surface area contributed by atoms with E-state index in [1.807, 2.05) is 13.8 Å². The zero-order valence-electron chi connectivity index (χ0n) is 19.2. The molecule has 0 saturated heterocycles. The van der Waals surface area contributed by atoms with Crippen molar-refractivity contribution in [2.24, 2.45) is 13.0 Å². The van der Waals surface area contributed by atoms with E-state index in [-0.39, 0.29) is 30.3 Å². The summed E-state index contributed by atoms with van der Waals surface area (Å²) in [6.45, 7) is 4.10. The van der Waals surface area contributed by atoms with Gasteiger partial charge in [-0.2, -0.15) is 0 Å². The number of nitrogens with one attached hydrogen (secondary N) is 2. The molecular weight excluding hydrogens is 513 g/mol. The molecular formula is C23H23Cl2N5O4S. The number of thioether (sulfide) groups is 1. The number of carbonyl (C=O) groups excluding carboxylic acids is 2. The van der Waals surface area contributed by atoms with E-state index < -0.39 is 6.04 Å². The number of aromatic nitrogens is 3. The average molecular weight is 536 g/mol. The number of hydrogen-bond acceptors (Lipinski definition) is 7. The van der Waals surface area contributed by atoms with Crippen LogP contribution in [0.2, 0.25) is 10.0 Å². The molecule has 1 unspecified atom stereocenters. The van der Waals surface area contributed by atoms with E-state index >= 15 is 0 Å². The topological polar surface area (TPSA) is 107 Å². The predicted octanol–water partition coefficient (Wildman–Crippen LogP) is 4.71. The minimum absolute atomic E-state index is 0.0315. The molecule has 3 aromatic rings. The molecule has 0 fully saturated rings. The molecule has 12 heteroatoms. The van der Waals surface area contributed by atoms with Gasteiger partial charge >= 0.3 is 0 Å². The monoisotopic (exact) mass is 535 g/mol. The minimum atomic E-state index is -0.401. The molecule has 2 heterocycles. The lowest BCUT2D eigenvalue weighted by molar-refractivity contribution is -0.113. The number of hydrogen-bond donors (Lipinski definition) is 2. The Bertz CT molecular complexity index is 1270. The second-order valence-corrected chi connectivity index (χ2v) is 9.91. The van der Waals surface area contributed by atoms with Crippen LogP contribution in [0, 0.1) is 5.92 Å². The maximum Gasteiger partial charge on any atom is 0.252 e. The van der Waals surface area contributed by atoms with Crippen molar-refractivity contribution in [2.45, 2.75) is 25.0 Å². The third kappa shape index (κ3) is 5.83. The van der Waals surface area contributed by atoms with Crippen molar-refractivity contribution in [1.29, 1.82) is 0 Å². The number of benzene rings is 2.